The Labute approximate surface area is 153 Å². The molecule has 0 aliphatic heterocycles. The number of ether oxygens (including phenoxy) is 1. The number of alkyl halides is 2. The first kappa shape index (κ1) is 19.7. The Morgan fingerprint density at radius 2 is 1.85 bits per heavy atom. The van der Waals surface area contributed by atoms with Gasteiger partial charge in [0, 0.05) is 12.7 Å². The van der Waals surface area contributed by atoms with Crippen LogP contribution in [0.25, 0.3) is 0 Å². The molecule has 0 radical (unpaired) electrons. The molecule has 0 atom stereocenters. The second-order valence-corrected chi connectivity index (χ2v) is 6.95. The molecule has 7 nitrogen and oxygen atoms in total. The lowest BCUT2D eigenvalue weighted by atomic mass is 10.3. The number of amides is 2. The Balaban J connectivity index is 2.22. The van der Waals surface area contributed by atoms with Gasteiger partial charge in [0.15, 0.2) is 0 Å². The second kappa shape index (κ2) is 8.19. The van der Waals surface area contributed by atoms with Gasteiger partial charge in [0.25, 0.3) is 10.0 Å². The molecule has 0 aromatic heterocycles. The first-order valence-electron chi connectivity index (χ1n) is 7.07. The molecule has 2 aromatic rings. The molecular formula is C15H14ClF2N3O4S. The number of carbonyl (C=O) groups excluding carboxylic acids is 1. The highest BCUT2D eigenvalue weighted by Crippen LogP contribution is 2.29. The van der Waals surface area contributed by atoms with Gasteiger partial charge in [-0.2, -0.15) is 8.78 Å². The Morgan fingerprint density at radius 1 is 1.15 bits per heavy atom. The van der Waals surface area contributed by atoms with Crippen molar-refractivity contribution >= 4 is 39.0 Å². The lowest BCUT2D eigenvalue weighted by Crippen LogP contribution is -2.24. The molecule has 0 aliphatic carbocycles. The topological polar surface area (TPSA) is 96.5 Å². The third kappa shape index (κ3) is 5.20. The van der Waals surface area contributed by atoms with Crippen LogP contribution in [0.5, 0.6) is 5.75 Å². The Bertz CT molecular complexity index is 910. The zero-order chi connectivity index (χ0) is 19.3. The van der Waals surface area contributed by atoms with E-state index < -0.39 is 22.7 Å². The summed E-state index contributed by atoms with van der Waals surface area (Å²) in [7, 11) is -2.60. The van der Waals surface area contributed by atoms with Crippen LogP contribution >= 0.6 is 11.6 Å². The molecule has 0 bridgehead atoms. The van der Waals surface area contributed by atoms with Crippen LogP contribution in [-0.2, 0) is 10.0 Å². The van der Waals surface area contributed by atoms with Crippen LogP contribution in [0.15, 0.2) is 47.4 Å². The summed E-state index contributed by atoms with van der Waals surface area (Å²) in [6, 6.07) is 8.63. The highest BCUT2D eigenvalue weighted by Gasteiger charge is 2.18. The summed E-state index contributed by atoms with van der Waals surface area (Å²) in [5.74, 6) is -0.336. The van der Waals surface area contributed by atoms with Crippen molar-refractivity contribution in [3.05, 3.63) is 47.5 Å². The minimum atomic E-state index is -4.04. The van der Waals surface area contributed by atoms with E-state index in [0.29, 0.717) is 5.69 Å². The van der Waals surface area contributed by atoms with Gasteiger partial charge in [0.05, 0.1) is 15.6 Å². The van der Waals surface area contributed by atoms with Crippen LogP contribution in [-0.4, -0.2) is 28.1 Å². The van der Waals surface area contributed by atoms with Crippen molar-refractivity contribution < 1.29 is 26.7 Å². The number of nitrogens with one attached hydrogen (secondary N) is 3. The number of halogens is 3. The molecule has 3 N–H and O–H groups in total. The standard InChI is InChI=1S/C15H14ClF2N3O4S/c1-19-15(22)20-9-3-2-4-10(7-9)21-26(23,24)11-5-6-13(12(16)8-11)25-14(17)18/h2-8,14,21H,1H3,(H2,19,20,22). The fourth-order valence-electron chi connectivity index (χ4n) is 1.91. The number of benzene rings is 2. The highest BCUT2D eigenvalue weighted by atomic mass is 35.5. The van der Waals surface area contributed by atoms with Crippen molar-refractivity contribution in [2.24, 2.45) is 0 Å². The average Bonchev–Trinajstić information content (AvgIpc) is 2.56. The van der Waals surface area contributed by atoms with Crippen LogP contribution in [0.1, 0.15) is 0 Å². The van der Waals surface area contributed by atoms with Gasteiger partial charge in [-0.15, -0.1) is 0 Å². The van der Waals surface area contributed by atoms with Gasteiger partial charge in [-0.1, -0.05) is 17.7 Å². The first-order chi connectivity index (χ1) is 12.2. The molecule has 0 heterocycles. The van der Waals surface area contributed by atoms with E-state index in [0.717, 1.165) is 18.2 Å². The summed E-state index contributed by atoms with van der Waals surface area (Å²) in [6.07, 6.45) is 0. The average molecular weight is 406 g/mol. The van der Waals surface area contributed by atoms with Crippen LogP contribution < -0.4 is 20.1 Å². The normalized spacial score (nSPS) is 11.1. The third-order valence-corrected chi connectivity index (χ3v) is 4.70. The monoisotopic (exact) mass is 405 g/mol. The van der Waals surface area contributed by atoms with E-state index in [1.54, 1.807) is 6.07 Å². The number of rotatable bonds is 6. The fourth-order valence-corrected chi connectivity index (χ4v) is 3.27. The lowest BCUT2D eigenvalue weighted by molar-refractivity contribution is -0.0498. The molecule has 2 aromatic carbocycles. The quantitative estimate of drug-likeness (QED) is 0.685. The molecule has 26 heavy (non-hydrogen) atoms. The summed E-state index contributed by atoms with van der Waals surface area (Å²) in [5.41, 5.74) is 0.547. The summed E-state index contributed by atoms with van der Waals surface area (Å²) in [5, 5.41) is 4.59. The predicted molar refractivity (Wildman–Crippen MR) is 93.4 cm³/mol. The highest BCUT2D eigenvalue weighted by molar-refractivity contribution is 7.92. The molecule has 0 aliphatic rings. The molecule has 140 valence electrons. The summed E-state index contributed by atoms with van der Waals surface area (Å²) in [6.45, 7) is -3.08. The fraction of sp³-hybridized carbons (Fsp3) is 0.133. The maximum atomic E-state index is 12.4. The molecule has 0 saturated heterocycles. The summed E-state index contributed by atoms with van der Waals surface area (Å²) < 4.78 is 55.8. The van der Waals surface area contributed by atoms with Gasteiger partial charge in [0.1, 0.15) is 5.75 Å². The molecule has 2 amide bonds. The molecular weight excluding hydrogens is 392 g/mol. The molecule has 11 heteroatoms. The van der Waals surface area contributed by atoms with Crippen LogP contribution in [0.3, 0.4) is 0 Å². The van der Waals surface area contributed by atoms with Crippen LogP contribution in [0.4, 0.5) is 25.0 Å². The number of sulfonamides is 1. The van der Waals surface area contributed by atoms with Crippen molar-refractivity contribution in [3.8, 4) is 5.75 Å². The zero-order valence-electron chi connectivity index (χ0n) is 13.3. The van der Waals surface area contributed by atoms with Gasteiger partial charge in [0.2, 0.25) is 0 Å². The van der Waals surface area contributed by atoms with E-state index in [1.807, 2.05) is 0 Å². The van der Waals surface area contributed by atoms with Crippen LogP contribution in [0.2, 0.25) is 5.02 Å². The van der Waals surface area contributed by atoms with Gasteiger partial charge in [-0.3, -0.25) is 4.72 Å². The third-order valence-electron chi connectivity index (χ3n) is 3.03. The van der Waals surface area contributed by atoms with Crippen molar-refractivity contribution in [3.63, 3.8) is 0 Å². The van der Waals surface area contributed by atoms with E-state index in [-0.39, 0.29) is 21.4 Å². The summed E-state index contributed by atoms with van der Waals surface area (Å²) in [4.78, 5) is 11.1. The summed E-state index contributed by atoms with van der Waals surface area (Å²) >= 11 is 5.78. The number of hydrogen-bond acceptors (Lipinski definition) is 4. The van der Waals surface area contributed by atoms with Gasteiger partial charge < -0.3 is 15.4 Å². The van der Waals surface area contributed by atoms with Gasteiger partial charge in [-0.05, 0) is 36.4 Å². The van der Waals surface area contributed by atoms with E-state index in [4.69, 9.17) is 11.6 Å². The number of carbonyl (C=O) groups is 1. The second-order valence-electron chi connectivity index (χ2n) is 4.86. The van der Waals surface area contributed by atoms with E-state index >= 15 is 0 Å². The number of anilines is 2. The Kier molecular flexibility index (Phi) is 6.22. The molecule has 0 spiro atoms. The molecule has 2 rings (SSSR count). The predicted octanol–water partition coefficient (Wildman–Crippen LogP) is 3.49. The largest absolute Gasteiger partial charge is 0.433 e. The number of urea groups is 1. The minimum absolute atomic E-state index is 0.183. The maximum Gasteiger partial charge on any atom is 0.387 e. The smallest absolute Gasteiger partial charge is 0.387 e. The minimum Gasteiger partial charge on any atom is -0.433 e. The first-order valence-corrected chi connectivity index (χ1v) is 8.93. The molecule has 0 saturated carbocycles. The molecule has 0 unspecified atom stereocenters. The SMILES string of the molecule is CNC(=O)Nc1cccc(NS(=O)(=O)c2ccc(OC(F)F)c(Cl)c2)c1. The van der Waals surface area contributed by atoms with E-state index in [1.165, 1.54) is 25.2 Å². The van der Waals surface area contributed by atoms with Gasteiger partial charge >= 0.3 is 12.6 Å². The van der Waals surface area contributed by atoms with Crippen molar-refractivity contribution in [2.45, 2.75) is 11.5 Å². The zero-order valence-corrected chi connectivity index (χ0v) is 14.9. The van der Waals surface area contributed by atoms with Crippen molar-refractivity contribution in [2.75, 3.05) is 17.1 Å². The van der Waals surface area contributed by atoms with Crippen LogP contribution in [0, 0.1) is 0 Å². The Hall–Kier alpha value is -2.59. The van der Waals surface area contributed by atoms with Gasteiger partial charge in [-0.25, -0.2) is 13.2 Å². The molecule has 0 fully saturated rings. The Morgan fingerprint density at radius 3 is 2.46 bits per heavy atom. The van der Waals surface area contributed by atoms with Crippen molar-refractivity contribution in [1.82, 2.24) is 5.32 Å². The maximum absolute atomic E-state index is 12.4. The van der Waals surface area contributed by atoms with Crippen molar-refractivity contribution in [1.29, 1.82) is 0 Å². The number of hydrogen-bond donors (Lipinski definition) is 3. The van der Waals surface area contributed by atoms with E-state index in [9.17, 15) is 22.0 Å². The van der Waals surface area contributed by atoms with E-state index in [2.05, 4.69) is 20.1 Å². The lowest BCUT2D eigenvalue weighted by Gasteiger charge is -2.12.